The maximum atomic E-state index is 12.7. The standard InChI is InChI=1S/C18H26N4O5/c1-2-3-11-19-17(25)18(9-5-4-6-10-18)20-15(23)13-21-12-14(22(26)27)7-8-16(21)24/h7-8,12H,2-6,9-11,13H2,1H3,(H,19,25)(H,20,23). The van der Waals surface area contributed by atoms with Crippen LogP contribution in [-0.4, -0.2) is 33.4 Å². The van der Waals surface area contributed by atoms with Gasteiger partial charge in [-0.3, -0.25) is 29.1 Å². The summed E-state index contributed by atoms with van der Waals surface area (Å²) in [6, 6.07) is 2.15. The summed E-state index contributed by atoms with van der Waals surface area (Å²) in [5, 5.41) is 16.6. The molecule has 2 amide bonds. The van der Waals surface area contributed by atoms with E-state index in [4.69, 9.17) is 0 Å². The Morgan fingerprint density at radius 1 is 1.26 bits per heavy atom. The van der Waals surface area contributed by atoms with Gasteiger partial charge in [0, 0.05) is 18.7 Å². The zero-order valence-corrected chi connectivity index (χ0v) is 15.5. The van der Waals surface area contributed by atoms with Crippen molar-refractivity contribution < 1.29 is 14.5 Å². The molecule has 1 fully saturated rings. The normalized spacial score (nSPS) is 15.7. The molecule has 1 aromatic rings. The molecule has 27 heavy (non-hydrogen) atoms. The SMILES string of the molecule is CCCCNC(=O)C1(NC(=O)Cn2cc([N+](=O)[O-])ccc2=O)CCCCC1. The molecular weight excluding hydrogens is 352 g/mol. The van der Waals surface area contributed by atoms with Crippen LogP contribution in [-0.2, 0) is 16.1 Å². The second-order valence-electron chi connectivity index (χ2n) is 6.91. The Bertz CT molecular complexity index is 752. The van der Waals surface area contributed by atoms with Crippen molar-refractivity contribution in [2.75, 3.05) is 6.54 Å². The Morgan fingerprint density at radius 3 is 2.59 bits per heavy atom. The van der Waals surface area contributed by atoms with Crippen molar-refractivity contribution >= 4 is 17.5 Å². The number of hydrogen-bond donors (Lipinski definition) is 2. The number of nitrogens with one attached hydrogen (secondary N) is 2. The molecule has 9 heteroatoms. The number of amides is 2. The van der Waals surface area contributed by atoms with E-state index in [2.05, 4.69) is 10.6 Å². The zero-order valence-electron chi connectivity index (χ0n) is 15.5. The maximum absolute atomic E-state index is 12.7. The van der Waals surface area contributed by atoms with E-state index in [0.29, 0.717) is 19.4 Å². The number of carbonyl (C=O) groups excluding carboxylic acids is 2. The fourth-order valence-electron chi connectivity index (χ4n) is 3.32. The van der Waals surface area contributed by atoms with Crippen LogP contribution in [0.5, 0.6) is 0 Å². The second-order valence-corrected chi connectivity index (χ2v) is 6.91. The fraction of sp³-hybridized carbons (Fsp3) is 0.611. The number of unbranched alkanes of at least 4 members (excludes halogenated alkanes) is 1. The van der Waals surface area contributed by atoms with Crippen LogP contribution in [0.25, 0.3) is 0 Å². The van der Waals surface area contributed by atoms with Gasteiger partial charge in [0.2, 0.25) is 11.8 Å². The number of carbonyl (C=O) groups is 2. The number of aromatic nitrogens is 1. The first kappa shape index (κ1) is 20.6. The first-order chi connectivity index (χ1) is 12.9. The predicted molar refractivity (Wildman–Crippen MR) is 99.2 cm³/mol. The molecule has 0 spiro atoms. The van der Waals surface area contributed by atoms with Crippen LogP contribution in [0.1, 0.15) is 51.9 Å². The second kappa shape index (κ2) is 9.29. The highest BCUT2D eigenvalue weighted by Crippen LogP contribution is 2.28. The Balaban J connectivity index is 2.12. The molecule has 2 N–H and O–H groups in total. The molecule has 0 atom stereocenters. The monoisotopic (exact) mass is 378 g/mol. The first-order valence-corrected chi connectivity index (χ1v) is 9.32. The summed E-state index contributed by atoms with van der Waals surface area (Å²) in [5.74, 6) is -0.708. The summed E-state index contributed by atoms with van der Waals surface area (Å²) in [4.78, 5) is 47.4. The Hall–Kier alpha value is -2.71. The lowest BCUT2D eigenvalue weighted by atomic mass is 9.80. The van der Waals surface area contributed by atoms with E-state index in [0.717, 1.165) is 55.0 Å². The van der Waals surface area contributed by atoms with Crippen LogP contribution in [0.2, 0.25) is 0 Å². The van der Waals surface area contributed by atoms with Crippen molar-refractivity contribution in [1.82, 2.24) is 15.2 Å². The molecule has 1 aromatic heterocycles. The van der Waals surface area contributed by atoms with Gasteiger partial charge in [-0.15, -0.1) is 0 Å². The van der Waals surface area contributed by atoms with Crippen LogP contribution < -0.4 is 16.2 Å². The lowest BCUT2D eigenvalue weighted by Gasteiger charge is -2.36. The molecule has 0 unspecified atom stereocenters. The third-order valence-corrected chi connectivity index (χ3v) is 4.83. The van der Waals surface area contributed by atoms with E-state index in [-0.39, 0.29) is 18.1 Å². The summed E-state index contributed by atoms with van der Waals surface area (Å²) in [7, 11) is 0. The topological polar surface area (TPSA) is 123 Å². The minimum atomic E-state index is -0.979. The Labute approximate surface area is 157 Å². The van der Waals surface area contributed by atoms with Gasteiger partial charge in [-0.2, -0.15) is 0 Å². The van der Waals surface area contributed by atoms with Crippen LogP contribution in [0.4, 0.5) is 5.69 Å². The number of pyridine rings is 1. The summed E-state index contributed by atoms with van der Waals surface area (Å²) in [6.07, 6.45) is 6.60. The highest BCUT2D eigenvalue weighted by Gasteiger charge is 2.40. The van der Waals surface area contributed by atoms with E-state index >= 15 is 0 Å². The van der Waals surface area contributed by atoms with Gasteiger partial charge in [0.25, 0.3) is 11.2 Å². The number of nitrogens with zero attached hydrogens (tertiary/aromatic N) is 2. The highest BCUT2D eigenvalue weighted by molar-refractivity contribution is 5.91. The predicted octanol–water partition coefficient (Wildman–Crippen LogP) is 1.49. The zero-order chi connectivity index (χ0) is 19.9. The molecule has 0 bridgehead atoms. The van der Waals surface area contributed by atoms with E-state index in [1.807, 2.05) is 6.92 Å². The van der Waals surface area contributed by atoms with Crippen molar-refractivity contribution in [3.63, 3.8) is 0 Å². The molecule has 1 aliphatic rings. The van der Waals surface area contributed by atoms with Gasteiger partial charge in [0.1, 0.15) is 12.1 Å². The minimum absolute atomic E-state index is 0.199. The quantitative estimate of drug-likeness (QED) is 0.403. The van der Waals surface area contributed by atoms with E-state index in [9.17, 15) is 24.5 Å². The molecule has 9 nitrogen and oxygen atoms in total. The molecular formula is C18H26N4O5. The number of rotatable bonds is 8. The van der Waals surface area contributed by atoms with Gasteiger partial charge in [-0.05, 0) is 19.3 Å². The maximum Gasteiger partial charge on any atom is 0.285 e. The lowest BCUT2D eigenvalue weighted by Crippen LogP contribution is -2.60. The van der Waals surface area contributed by atoms with Crippen LogP contribution >= 0.6 is 0 Å². The molecule has 0 saturated heterocycles. The van der Waals surface area contributed by atoms with E-state index in [1.54, 1.807) is 0 Å². The third-order valence-electron chi connectivity index (χ3n) is 4.83. The molecule has 0 radical (unpaired) electrons. The van der Waals surface area contributed by atoms with Gasteiger partial charge in [-0.25, -0.2) is 0 Å². The van der Waals surface area contributed by atoms with Gasteiger partial charge >= 0.3 is 0 Å². The van der Waals surface area contributed by atoms with Crippen molar-refractivity contribution in [3.8, 4) is 0 Å². The van der Waals surface area contributed by atoms with E-state index in [1.165, 1.54) is 0 Å². The van der Waals surface area contributed by atoms with Crippen LogP contribution in [0.3, 0.4) is 0 Å². The summed E-state index contributed by atoms with van der Waals surface area (Å²) in [6.45, 7) is 2.21. The summed E-state index contributed by atoms with van der Waals surface area (Å²) in [5.41, 5.74) is -1.76. The van der Waals surface area contributed by atoms with Gasteiger partial charge in [0.15, 0.2) is 0 Å². The minimum Gasteiger partial charge on any atom is -0.354 e. The fourth-order valence-corrected chi connectivity index (χ4v) is 3.32. The van der Waals surface area contributed by atoms with Crippen LogP contribution in [0, 0.1) is 10.1 Å². The molecule has 2 rings (SSSR count). The summed E-state index contributed by atoms with van der Waals surface area (Å²) < 4.78 is 0.985. The highest BCUT2D eigenvalue weighted by atomic mass is 16.6. The molecule has 1 heterocycles. The van der Waals surface area contributed by atoms with Gasteiger partial charge in [0.05, 0.1) is 11.1 Å². The summed E-state index contributed by atoms with van der Waals surface area (Å²) >= 11 is 0. The first-order valence-electron chi connectivity index (χ1n) is 9.32. The largest absolute Gasteiger partial charge is 0.354 e. The number of nitro groups is 1. The van der Waals surface area contributed by atoms with Crippen molar-refractivity contribution in [1.29, 1.82) is 0 Å². The average molecular weight is 378 g/mol. The molecule has 1 aliphatic carbocycles. The van der Waals surface area contributed by atoms with Crippen molar-refractivity contribution in [3.05, 3.63) is 38.8 Å². The van der Waals surface area contributed by atoms with Crippen molar-refractivity contribution in [2.24, 2.45) is 0 Å². The molecule has 1 saturated carbocycles. The third kappa shape index (κ3) is 5.38. The van der Waals surface area contributed by atoms with E-state index < -0.39 is 21.9 Å². The van der Waals surface area contributed by atoms with Crippen molar-refractivity contribution in [2.45, 2.75) is 64.0 Å². The smallest absolute Gasteiger partial charge is 0.285 e. The molecule has 0 aromatic carbocycles. The molecule has 0 aliphatic heterocycles. The Morgan fingerprint density at radius 2 is 1.96 bits per heavy atom. The average Bonchev–Trinajstić information content (AvgIpc) is 2.64. The van der Waals surface area contributed by atoms with Gasteiger partial charge in [-0.1, -0.05) is 32.6 Å². The molecule has 148 valence electrons. The lowest BCUT2D eigenvalue weighted by molar-refractivity contribution is -0.385. The van der Waals surface area contributed by atoms with Gasteiger partial charge < -0.3 is 10.6 Å². The Kier molecular flexibility index (Phi) is 7.09. The van der Waals surface area contributed by atoms with Crippen LogP contribution in [0.15, 0.2) is 23.1 Å². The number of hydrogen-bond acceptors (Lipinski definition) is 5.